The third-order valence-corrected chi connectivity index (χ3v) is 1.74. The first-order valence-corrected chi connectivity index (χ1v) is 4.60. The Kier molecular flexibility index (Phi) is 5.03. The first-order valence-electron chi connectivity index (χ1n) is 4.60. The van der Waals surface area contributed by atoms with Gasteiger partial charge in [-0.05, 0) is 18.2 Å². The summed E-state index contributed by atoms with van der Waals surface area (Å²) >= 11 is 0. The van der Waals surface area contributed by atoms with E-state index in [2.05, 4.69) is 11.8 Å². The second kappa shape index (κ2) is 6.59. The lowest BCUT2D eigenvalue weighted by Gasteiger charge is -2.04. The van der Waals surface area contributed by atoms with Crippen LogP contribution in [0.2, 0.25) is 0 Å². The van der Waals surface area contributed by atoms with Crippen molar-refractivity contribution in [1.29, 1.82) is 0 Å². The van der Waals surface area contributed by atoms with Gasteiger partial charge in [0, 0.05) is 7.11 Å². The van der Waals surface area contributed by atoms with Crippen LogP contribution in [0.1, 0.15) is 10.4 Å². The molecule has 0 aliphatic carbocycles. The zero-order valence-corrected chi connectivity index (χ0v) is 8.83. The Morgan fingerprint density at radius 3 is 2.81 bits per heavy atom. The van der Waals surface area contributed by atoms with Crippen LogP contribution < -0.4 is 4.74 Å². The number of halogens is 1. The molecule has 4 heteroatoms. The molecular formula is C12H11FO3. The molecule has 0 aliphatic heterocycles. The largest absolute Gasteiger partial charge is 0.480 e. The van der Waals surface area contributed by atoms with E-state index in [0.717, 1.165) is 6.07 Å². The van der Waals surface area contributed by atoms with Gasteiger partial charge in [0.15, 0.2) is 6.29 Å². The van der Waals surface area contributed by atoms with E-state index in [1.807, 2.05) is 0 Å². The first-order chi connectivity index (χ1) is 7.77. The summed E-state index contributed by atoms with van der Waals surface area (Å²) in [7, 11) is 1.54. The van der Waals surface area contributed by atoms with Gasteiger partial charge in [0.2, 0.25) is 0 Å². The molecule has 0 atom stereocenters. The quantitative estimate of drug-likeness (QED) is 0.574. The molecule has 0 fully saturated rings. The number of aldehydes is 1. The molecular weight excluding hydrogens is 211 g/mol. The van der Waals surface area contributed by atoms with Gasteiger partial charge < -0.3 is 9.47 Å². The van der Waals surface area contributed by atoms with Crippen molar-refractivity contribution in [3.05, 3.63) is 29.6 Å². The number of carbonyl (C=O) groups excluding carboxylic acids is 1. The fourth-order valence-corrected chi connectivity index (χ4v) is 1.03. The zero-order valence-electron chi connectivity index (χ0n) is 8.83. The summed E-state index contributed by atoms with van der Waals surface area (Å²) in [6.07, 6.45) is 0.543. The van der Waals surface area contributed by atoms with Crippen molar-refractivity contribution >= 4 is 6.29 Å². The number of hydrogen-bond acceptors (Lipinski definition) is 3. The average molecular weight is 222 g/mol. The van der Waals surface area contributed by atoms with E-state index in [9.17, 15) is 9.18 Å². The van der Waals surface area contributed by atoms with Crippen molar-refractivity contribution in [3.8, 4) is 17.6 Å². The number of rotatable bonds is 4. The minimum absolute atomic E-state index is 0.135. The molecule has 0 radical (unpaired) electrons. The van der Waals surface area contributed by atoms with Crippen molar-refractivity contribution in [3.63, 3.8) is 0 Å². The zero-order chi connectivity index (χ0) is 11.8. The van der Waals surface area contributed by atoms with Crippen LogP contribution in [0.5, 0.6) is 5.75 Å². The number of ether oxygens (including phenoxy) is 2. The van der Waals surface area contributed by atoms with Gasteiger partial charge in [-0.1, -0.05) is 11.8 Å². The molecule has 1 aromatic carbocycles. The summed E-state index contributed by atoms with van der Waals surface area (Å²) in [5, 5.41) is 0. The van der Waals surface area contributed by atoms with Crippen molar-refractivity contribution in [2.75, 3.05) is 20.3 Å². The fraction of sp³-hybridized carbons (Fsp3) is 0.250. The normalized spacial score (nSPS) is 9.12. The van der Waals surface area contributed by atoms with Gasteiger partial charge >= 0.3 is 0 Å². The topological polar surface area (TPSA) is 35.5 Å². The molecule has 0 amide bonds. The Balaban J connectivity index is 2.61. The molecule has 0 bridgehead atoms. The third-order valence-electron chi connectivity index (χ3n) is 1.74. The van der Waals surface area contributed by atoms with Crippen molar-refractivity contribution in [2.45, 2.75) is 0 Å². The summed E-state index contributed by atoms with van der Waals surface area (Å²) in [6.45, 7) is 0.461. The highest BCUT2D eigenvalue weighted by Crippen LogP contribution is 2.17. The minimum atomic E-state index is -0.472. The summed E-state index contributed by atoms with van der Waals surface area (Å²) < 4.78 is 22.7. The molecule has 0 saturated heterocycles. The number of carbonyl (C=O) groups is 1. The Labute approximate surface area is 93.2 Å². The Morgan fingerprint density at radius 1 is 1.38 bits per heavy atom. The van der Waals surface area contributed by atoms with Crippen LogP contribution in [0.4, 0.5) is 4.39 Å². The van der Waals surface area contributed by atoms with Crippen LogP contribution >= 0.6 is 0 Å². The number of methoxy groups -OCH3 is 1. The van der Waals surface area contributed by atoms with E-state index in [-0.39, 0.29) is 12.2 Å². The van der Waals surface area contributed by atoms with Crippen LogP contribution in [0.15, 0.2) is 18.2 Å². The fourth-order valence-electron chi connectivity index (χ4n) is 1.03. The summed E-state index contributed by atoms with van der Waals surface area (Å²) in [6, 6.07) is 3.74. The molecule has 0 saturated carbocycles. The Hall–Kier alpha value is -1.86. The highest BCUT2D eigenvalue weighted by Gasteiger charge is 2.03. The maximum Gasteiger partial charge on any atom is 0.153 e. The molecule has 0 unspecified atom stereocenters. The molecule has 0 aromatic heterocycles. The van der Waals surface area contributed by atoms with E-state index in [4.69, 9.17) is 9.47 Å². The minimum Gasteiger partial charge on any atom is -0.480 e. The molecule has 3 nitrogen and oxygen atoms in total. The van der Waals surface area contributed by atoms with E-state index in [1.54, 1.807) is 7.11 Å². The highest BCUT2D eigenvalue weighted by molar-refractivity contribution is 5.79. The molecule has 0 heterocycles. The summed E-state index contributed by atoms with van der Waals surface area (Å²) in [4.78, 5) is 10.6. The Bertz CT molecular complexity index is 418. The van der Waals surface area contributed by atoms with Crippen molar-refractivity contribution < 1.29 is 18.7 Å². The molecule has 84 valence electrons. The maximum absolute atomic E-state index is 12.8. The number of hydrogen-bond donors (Lipinski definition) is 0. The predicted molar refractivity (Wildman–Crippen MR) is 56.9 cm³/mol. The van der Waals surface area contributed by atoms with Crippen molar-refractivity contribution in [1.82, 2.24) is 0 Å². The maximum atomic E-state index is 12.8. The molecule has 16 heavy (non-hydrogen) atoms. The highest BCUT2D eigenvalue weighted by atomic mass is 19.1. The van der Waals surface area contributed by atoms with Gasteiger partial charge in [0.05, 0.1) is 5.56 Å². The summed E-state index contributed by atoms with van der Waals surface area (Å²) in [5.41, 5.74) is 0.175. The van der Waals surface area contributed by atoms with Crippen LogP contribution in [-0.4, -0.2) is 26.6 Å². The van der Waals surface area contributed by atoms with Gasteiger partial charge in [-0.15, -0.1) is 0 Å². The lowest BCUT2D eigenvalue weighted by atomic mass is 10.2. The van der Waals surface area contributed by atoms with Gasteiger partial charge in [-0.25, -0.2) is 4.39 Å². The molecule has 1 aromatic rings. The van der Waals surface area contributed by atoms with Gasteiger partial charge in [-0.2, -0.15) is 0 Å². The SMILES string of the molecule is COCC#CCOc1ccc(F)cc1C=O. The monoisotopic (exact) mass is 222 g/mol. The average Bonchev–Trinajstić information content (AvgIpc) is 2.30. The van der Waals surface area contributed by atoms with Crippen LogP contribution in [0.25, 0.3) is 0 Å². The van der Waals surface area contributed by atoms with E-state index in [0.29, 0.717) is 18.6 Å². The van der Waals surface area contributed by atoms with Crippen LogP contribution in [0.3, 0.4) is 0 Å². The molecule has 0 spiro atoms. The predicted octanol–water partition coefficient (Wildman–Crippen LogP) is 1.67. The lowest BCUT2D eigenvalue weighted by molar-refractivity contribution is 0.111. The first kappa shape index (κ1) is 12.2. The van der Waals surface area contributed by atoms with Crippen LogP contribution in [-0.2, 0) is 4.74 Å². The molecule has 1 rings (SSSR count). The smallest absolute Gasteiger partial charge is 0.153 e. The second-order valence-electron chi connectivity index (χ2n) is 2.88. The van der Waals surface area contributed by atoms with E-state index >= 15 is 0 Å². The molecule has 0 N–H and O–H groups in total. The van der Waals surface area contributed by atoms with Gasteiger partial charge in [-0.3, -0.25) is 4.79 Å². The lowest BCUT2D eigenvalue weighted by Crippen LogP contribution is -1.98. The number of benzene rings is 1. The van der Waals surface area contributed by atoms with E-state index < -0.39 is 5.82 Å². The molecule has 0 aliphatic rings. The Morgan fingerprint density at radius 2 is 2.12 bits per heavy atom. The van der Waals surface area contributed by atoms with Crippen LogP contribution in [0, 0.1) is 17.7 Å². The van der Waals surface area contributed by atoms with Gasteiger partial charge in [0.1, 0.15) is 24.8 Å². The van der Waals surface area contributed by atoms with E-state index in [1.165, 1.54) is 12.1 Å². The van der Waals surface area contributed by atoms with Gasteiger partial charge in [0.25, 0.3) is 0 Å². The summed E-state index contributed by atoms with van der Waals surface area (Å²) in [5.74, 6) is 5.24. The second-order valence-corrected chi connectivity index (χ2v) is 2.88. The van der Waals surface area contributed by atoms with Crippen molar-refractivity contribution in [2.24, 2.45) is 0 Å². The third kappa shape index (κ3) is 3.71. The standard InChI is InChI=1S/C12H11FO3/c1-15-6-2-3-7-16-12-5-4-11(13)8-10(12)9-14/h4-5,8-9H,6-7H2,1H3.